The number of hydrogen-bond donors (Lipinski definition) is 1. The predicted molar refractivity (Wildman–Crippen MR) is 70.3 cm³/mol. The Bertz CT molecular complexity index is 658. The number of sulfonamides is 1. The molecule has 0 amide bonds. The van der Waals surface area contributed by atoms with Crippen LogP contribution in [0.4, 0.5) is 0 Å². The molecule has 0 aromatic carbocycles. The van der Waals surface area contributed by atoms with Crippen molar-refractivity contribution in [1.82, 2.24) is 13.6 Å². The summed E-state index contributed by atoms with van der Waals surface area (Å²) in [7, 11) is -7.34. The summed E-state index contributed by atoms with van der Waals surface area (Å²) in [6.07, 6.45) is 1.32. The van der Waals surface area contributed by atoms with Gasteiger partial charge in [-0.15, -0.1) is 11.3 Å². The maximum Gasteiger partial charge on any atom is 0.276 e. The summed E-state index contributed by atoms with van der Waals surface area (Å²) in [5.74, 6) is 0. The molecule has 0 unspecified atom stereocenters. The van der Waals surface area contributed by atoms with E-state index in [-0.39, 0.29) is 30.4 Å². The zero-order chi connectivity index (χ0) is 14.3. The van der Waals surface area contributed by atoms with Crippen LogP contribution in [-0.4, -0.2) is 56.6 Å². The largest absolute Gasteiger partial charge is 0.276 e. The lowest BCUT2D eigenvalue weighted by Crippen LogP contribution is -2.52. The second kappa shape index (κ2) is 5.07. The zero-order valence-electron chi connectivity index (χ0n) is 10.2. The van der Waals surface area contributed by atoms with Crippen LogP contribution in [0.15, 0.2) is 10.4 Å². The topological polar surface area (TPSA) is 114 Å². The average molecular weight is 326 g/mol. The Balaban J connectivity index is 2.14. The molecule has 0 bridgehead atoms. The van der Waals surface area contributed by atoms with E-state index in [2.05, 4.69) is 4.98 Å². The first kappa shape index (κ1) is 14.8. The van der Waals surface area contributed by atoms with Gasteiger partial charge in [0.15, 0.2) is 4.21 Å². The number of aromatic nitrogens is 1. The van der Waals surface area contributed by atoms with Gasteiger partial charge in [0.05, 0.1) is 11.2 Å². The summed E-state index contributed by atoms with van der Waals surface area (Å²) in [5.41, 5.74) is 0. The molecule has 2 heterocycles. The molecule has 1 aromatic rings. The second-order valence-electron chi connectivity index (χ2n) is 4.05. The molecule has 11 heteroatoms. The van der Waals surface area contributed by atoms with Crippen molar-refractivity contribution in [2.24, 2.45) is 5.14 Å². The van der Waals surface area contributed by atoms with Crippen molar-refractivity contribution in [3.63, 3.8) is 0 Å². The highest BCUT2D eigenvalue weighted by Gasteiger charge is 2.32. The first-order chi connectivity index (χ1) is 8.71. The standard InChI is InChI=1S/C8H14N4O4S3/c1-7-10-6-8(17-7)18(13,14)11-2-4-12(5-3-11)19(9,15)16/h6H,2-5H2,1H3,(H2,9,15,16). The van der Waals surface area contributed by atoms with E-state index in [0.29, 0.717) is 5.01 Å². The number of piperazine rings is 1. The minimum atomic E-state index is -3.75. The normalized spacial score (nSPS) is 19.7. The number of aryl methyl sites for hydroxylation is 1. The summed E-state index contributed by atoms with van der Waals surface area (Å²) in [4.78, 5) is 3.92. The van der Waals surface area contributed by atoms with E-state index in [9.17, 15) is 16.8 Å². The third-order valence-electron chi connectivity index (χ3n) is 2.75. The fourth-order valence-corrected chi connectivity index (χ4v) is 5.11. The van der Waals surface area contributed by atoms with Gasteiger partial charge in [0.2, 0.25) is 0 Å². The van der Waals surface area contributed by atoms with Crippen LogP contribution in [0, 0.1) is 6.92 Å². The number of rotatable bonds is 3. The molecule has 0 saturated carbocycles. The molecule has 0 spiro atoms. The van der Waals surface area contributed by atoms with Gasteiger partial charge < -0.3 is 0 Å². The predicted octanol–water partition coefficient (Wildman–Crippen LogP) is -1.04. The van der Waals surface area contributed by atoms with Crippen LogP contribution in [0.1, 0.15) is 5.01 Å². The highest BCUT2D eigenvalue weighted by atomic mass is 32.2. The Labute approximate surface area is 116 Å². The molecule has 1 aromatic heterocycles. The summed E-state index contributed by atoms with van der Waals surface area (Å²) in [6, 6.07) is 0. The lowest BCUT2D eigenvalue weighted by Gasteiger charge is -2.31. The molecule has 19 heavy (non-hydrogen) atoms. The Morgan fingerprint density at radius 3 is 2.11 bits per heavy atom. The van der Waals surface area contributed by atoms with E-state index < -0.39 is 20.2 Å². The number of thiazole rings is 1. The van der Waals surface area contributed by atoms with Crippen molar-refractivity contribution in [3.05, 3.63) is 11.2 Å². The fraction of sp³-hybridized carbons (Fsp3) is 0.625. The molecule has 108 valence electrons. The summed E-state index contributed by atoms with van der Waals surface area (Å²) < 4.78 is 49.3. The monoisotopic (exact) mass is 326 g/mol. The summed E-state index contributed by atoms with van der Waals surface area (Å²) in [5, 5.41) is 5.67. The molecular formula is C8H14N4O4S3. The van der Waals surface area contributed by atoms with Gasteiger partial charge in [0.1, 0.15) is 0 Å². The number of nitrogens with two attached hydrogens (primary N) is 1. The SMILES string of the molecule is Cc1ncc(S(=O)(=O)N2CCN(S(N)(=O)=O)CC2)s1. The van der Waals surface area contributed by atoms with Crippen molar-refractivity contribution in [3.8, 4) is 0 Å². The fourth-order valence-electron chi connectivity index (χ4n) is 1.75. The van der Waals surface area contributed by atoms with Crippen LogP contribution in [0.3, 0.4) is 0 Å². The number of nitrogens with zero attached hydrogens (tertiary/aromatic N) is 3. The molecule has 0 radical (unpaired) electrons. The highest BCUT2D eigenvalue weighted by Crippen LogP contribution is 2.23. The van der Waals surface area contributed by atoms with Gasteiger partial charge in [0.25, 0.3) is 20.2 Å². The van der Waals surface area contributed by atoms with Crippen LogP contribution in [-0.2, 0) is 20.2 Å². The van der Waals surface area contributed by atoms with Crippen molar-refractivity contribution < 1.29 is 16.8 Å². The van der Waals surface area contributed by atoms with E-state index >= 15 is 0 Å². The second-order valence-corrected chi connectivity index (χ2v) is 8.99. The Kier molecular flexibility index (Phi) is 3.95. The molecule has 1 saturated heterocycles. The van der Waals surface area contributed by atoms with Crippen molar-refractivity contribution in [2.75, 3.05) is 26.2 Å². The van der Waals surface area contributed by atoms with Crippen LogP contribution >= 0.6 is 11.3 Å². The highest BCUT2D eigenvalue weighted by molar-refractivity contribution is 7.91. The molecule has 0 atom stereocenters. The van der Waals surface area contributed by atoms with Gasteiger partial charge in [-0.25, -0.2) is 18.5 Å². The zero-order valence-corrected chi connectivity index (χ0v) is 12.6. The van der Waals surface area contributed by atoms with Crippen molar-refractivity contribution in [2.45, 2.75) is 11.1 Å². The van der Waals surface area contributed by atoms with E-state index in [1.165, 1.54) is 10.5 Å². The quantitative estimate of drug-likeness (QED) is 0.762. The summed E-state index contributed by atoms with van der Waals surface area (Å²) in [6.45, 7) is 2.04. The average Bonchev–Trinajstić information content (AvgIpc) is 2.76. The van der Waals surface area contributed by atoms with Gasteiger partial charge in [-0.3, -0.25) is 0 Å². The first-order valence-corrected chi connectivity index (χ1v) is 9.18. The Morgan fingerprint density at radius 2 is 1.68 bits per heavy atom. The summed E-state index contributed by atoms with van der Waals surface area (Å²) >= 11 is 1.10. The minimum Gasteiger partial charge on any atom is -0.249 e. The maximum atomic E-state index is 12.3. The van der Waals surface area contributed by atoms with Gasteiger partial charge >= 0.3 is 0 Å². The lowest BCUT2D eigenvalue weighted by atomic mass is 10.4. The lowest BCUT2D eigenvalue weighted by molar-refractivity contribution is 0.273. The molecule has 1 aliphatic rings. The minimum absolute atomic E-state index is 0.0653. The molecule has 2 N–H and O–H groups in total. The van der Waals surface area contributed by atoms with E-state index in [1.807, 2.05) is 0 Å². The molecule has 1 aliphatic heterocycles. The van der Waals surface area contributed by atoms with Crippen LogP contribution in [0.2, 0.25) is 0 Å². The van der Waals surface area contributed by atoms with Gasteiger partial charge in [0, 0.05) is 26.2 Å². The van der Waals surface area contributed by atoms with Gasteiger partial charge in [-0.05, 0) is 6.92 Å². The molecular weight excluding hydrogens is 312 g/mol. The number of hydrogen-bond acceptors (Lipinski definition) is 6. The van der Waals surface area contributed by atoms with Gasteiger partial charge in [-0.1, -0.05) is 0 Å². The molecule has 8 nitrogen and oxygen atoms in total. The molecule has 0 aliphatic carbocycles. The molecule has 2 rings (SSSR count). The molecule has 1 fully saturated rings. The van der Waals surface area contributed by atoms with E-state index in [4.69, 9.17) is 5.14 Å². The van der Waals surface area contributed by atoms with Crippen LogP contribution in [0.5, 0.6) is 0 Å². The Hall–Kier alpha value is -0.590. The van der Waals surface area contributed by atoms with E-state index in [0.717, 1.165) is 15.6 Å². The third-order valence-corrected chi connectivity index (χ3v) is 7.08. The van der Waals surface area contributed by atoms with Crippen LogP contribution in [0.25, 0.3) is 0 Å². The van der Waals surface area contributed by atoms with Crippen molar-refractivity contribution >= 4 is 31.6 Å². The third kappa shape index (κ3) is 3.12. The maximum absolute atomic E-state index is 12.3. The van der Waals surface area contributed by atoms with E-state index in [1.54, 1.807) is 6.92 Å². The first-order valence-electron chi connectivity index (χ1n) is 5.42. The Morgan fingerprint density at radius 1 is 1.16 bits per heavy atom. The van der Waals surface area contributed by atoms with Crippen LogP contribution < -0.4 is 5.14 Å². The smallest absolute Gasteiger partial charge is 0.249 e. The van der Waals surface area contributed by atoms with Gasteiger partial charge in [-0.2, -0.15) is 17.0 Å². The van der Waals surface area contributed by atoms with Crippen molar-refractivity contribution in [1.29, 1.82) is 0 Å².